The first-order valence-electron chi connectivity index (χ1n) is 7.88. The van der Waals surface area contributed by atoms with Crippen LogP contribution in [0.1, 0.15) is 5.69 Å². The molecule has 0 saturated carbocycles. The molecular weight excluding hydrogens is 400 g/mol. The van der Waals surface area contributed by atoms with Crippen LogP contribution in [0.4, 0.5) is 0 Å². The van der Waals surface area contributed by atoms with Gasteiger partial charge in [0, 0.05) is 38.2 Å². The number of benzene rings is 1. The lowest BCUT2D eigenvalue weighted by Gasteiger charge is -2.33. The van der Waals surface area contributed by atoms with Gasteiger partial charge in [0.15, 0.2) is 0 Å². The van der Waals surface area contributed by atoms with Crippen molar-refractivity contribution < 1.29 is 16.8 Å². The normalized spacial score (nSPS) is 17.5. The van der Waals surface area contributed by atoms with Crippen LogP contribution in [-0.4, -0.2) is 61.4 Å². The smallest absolute Gasteiger partial charge is 0.246 e. The van der Waals surface area contributed by atoms with Crippen molar-refractivity contribution >= 4 is 31.6 Å². The van der Waals surface area contributed by atoms with Gasteiger partial charge in [0.1, 0.15) is 4.90 Å². The molecule has 1 fully saturated rings. The molecule has 0 atom stereocenters. The highest BCUT2D eigenvalue weighted by Gasteiger charge is 2.35. The number of aromatic nitrogens is 2. The fourth-order valence-corrected chi connectivity index (χ4v) is 5.93. The molecule has 2 heterocycles. The van der Waals surface area contributed by atoms with Crippen LogP contribution in [0, 0.1) is 6.92 Å². The van der Waals surface area contributed by atoms with Gasteiger partial charge in [-0.25, -0.2) is 16.8 Å². The number of sulfonamides is 2. The largest absolute Gasteiger partial charge is 0.272 e. The van der Waals surface area contributed by atoms with Crippen LogP contribution in [0.25, 0.3) is 0 Å². The maximum Gasteiger partial charge on any atom is 0.246 e. The van der Waals surface area contributed by atoms with E-state index in [-0.39, 0.29) is 36.0 Å². The number of nitrogens with zero attached hydrogens (tertiary/aromatic N) is 4. The molecule has 1 aliphatic heterocycles. The number of hydrogen-bond donors (Lipinski definition) is 0. The molecule has 142 valence electrons. The predicted octanol–water partition coefficient (Wildman–Crippen LogP) is 1.08. The van der Waals surface area contributed by atoms with Crippen LogP contribution in [0.15, 0.2) is 40.3 Å². The van der Waals surface area contributed by atoms with Crippen molar-refractivity contribution in [2.24, 2.45) is 7.05 Å². The minimum Gasteiger partial charge on any atom is -0.272 e. The standard InChI is InChI=1S/C15H19ClN4O4S2/c1-12-15(11-17-18(12)2)26(23,24)20-9-7-19(8-10-20)25(21,22)14-5-3-13(16)4-6-14/h3-6,11H,7-10H2,1-2H3. The minimum atomic E-state index is -3.70. The van der Waals surface area contributed by atoms with Gasteiger partial charge in [-0.15, -0.1) is 0 Å². The fourth-order valence-electron chi connectivity index (χ4n) is 2.78. The molecule has 1 saturated heterocycles. The van der Waals surface area contributed by atoms with E-state index in [1.54, 1.807) is 14.0 Å². The molecule has 2 aromatic rings. The maximum absolute atomic E-state index is 12.8. The monoisotopic (exact) mass is 418 g/mol. The average Bonchev–Trinajstić information content (AvgIpc) is 2.95. The van der Waals surface area contributed by atoms with E-state index >= 15 is 0 Å². The Morgan fingerprint density at radius 1 is 0.923 bits per heavy atom. The molecular formula is C15H19ClN4O4S2. The molecule has 11 heteroatoms. The maximum atomic E-state index is 12.8. The Morgan fingerprint density at radius 3 is 1.88 bits per heavy atom. The van der Waals surface area contributed by atoms with Gasteiger partial charge in [-0.3, -0.25) is 4.68 Å². The van der Waals surface area contributed by atoms with Crippen molar-refractivity contribution in [2.45, 2.75) is 16.7 Å². The van der Waals surface area contributed by atoms with Crippen LogP contribution in [0.3, 0.4) is 0 Å². The number of hydrogen-bond acceptors (Lipinski definition) is 5. The summed E-state index contributed by atoms with van der Waals surface area (Å²) in [6.45, 7) is 2.03. The zero-order valence-corrected chi connectivity index (χ0v) is 16.7. The lowest BCUT2D eigenvalue weighted by molar-refractivity contribution is 0.272. The van der Waals surface area contributed by atoms with Gasteiger partial charge in [0.25, 0.3) is 0 Å². The molecule has 0 radical (unpaired) electrons. The Hall–Kier alpha value is -1.46. The first-order valence-corrected chi connectivity index (χ1v) is 11.1. The van der Waals surface area contributed by atoms with E-state index in [4.69, 9.17) is 11.6 Å². The summed E-state index contributed by atoms with van der Waals surface area (Å²) >= 11 is 5.80. The highest BCUT2D eigenvalue weighted by molar-refractivity contribution is 7.89. The van der Waals surface area contributed by atoms with E-state index in [0.29, 0.717) is 10.7 Å². The summed E-state index contributed by atoms with van der Waals surface area (Å²) in [6, 6.07) is 5.92. The molecule has 0 aliphatic carbocycles. The van der Waals surface area contributed by atoms with Gasteiger partial charge in [0.05, 0.1) is 16.8 Å². The molecule has 0 bridgehead atoms. The van der Waals surface area contributed by atoms with E-state index in [0.717, 1.165) is 0 Å². The van der Waals surface area contributed by atoms with Gasteiger partial charge in [-0.2, -0.15) is 13.7 Å². The summed E-state index contributed by atoms with van der Waals surface area (Å²) in [6.07, 6.45) is 1.32. The minimum absolute atomic E-state index is 0.0868. The molecule has 1 aromatic carbocycles. The first-order chi connectivity index (χ1) is 12.1. The Morgan fingerprint density at radius 2 is 1.42 bits per heavy atom. The van der Waals surface area contributed by atoms with E-state index in [1.165, 1.54) is 43.8 Å². The number of aryl methyl sites for hydroxylation is 1. The highest BCUT2D eigenvalue weighted by Crippen LogP contribution is 2.23. The SMILES string of the molecule is Cc1c(S(=O)(=O)N2CCN(S(=O)(=O)c3ccc(Cl)cc3)CC2)cnn1C. The summed E-state index contributed by atoms with van der Waals surface area (Å²) in [7, 11) is -5.71. The van der Waals surface area contributed by atoms with E-state index < -0.39 is 20.0 Å². The second-order valence-corrected chi connectivity index (χ2v) is 10.3. The van der Waals surface area contributed by atoms with Crippen LogP contribution < -0.4 is 0 Å². The third kappa shape index (κ3) is 3.39. The van der Waals surface area contributed by atoms with Crippen LogP contribution in [-0.2, 0) is 27.1 Å². The Bertz CT molecular complexity index is 1010. The third-order valence-electron chi connectivity index (χ3n) is 4.46. The summed E-state index contributed by atoms with van der Waals surface area (Å²) in [5.41, 5.74) is 0.543. The van der Waals surface area contributed by atoms with E-state index in [1.807, 2.05) is 0 Å². The van der Waals surface area contributed by atoms with Gasteiger partial charge in [-0.05, 0) is 31.2 Å². The second-order valence-electron chi connectivity index (χ2n) is 5.98. The quantitative estimate of drug-likeness (QED) is 0.740. The Balaban J connectivity index is 1.77. The van der Waals surface area contributed by atoms with Gasteiger partial charge in [-0.1, -0.05) is 11.6 Å². The van der Waals surface area contributed by atoms with Gasteiger partial charge >= 0.3 is 0 Å². The van der Waals surface area contributed by atoms with Crippen molar-refractivity contribution in [2.75, 3.05) is 26.2 Å². The lowest BCUT2D eigenvalue weighted by Crippen LogP contribution is -2.50. The molecule has 8 nitrogen and oxygen atoms in total. The van der Waals surface area contributed by atoms with Gasteiger partial charge in [0.2, 0.25) is 20.0 Å². The molecule has 1 aromatic heterocycles. The average molecular weight is 419 g/mol. The fraction of sp³-hybridized carbons (Fsp3) is 0.400. The topological polar surface area (TPSA) is 92.6 Å². The third-order valence-corrected chi connectivity index (χ3v) is 8.62. The van der Waals surface area contributed by atoms with Gasteiger partial charge < -0.3 is 0 Å². The second kappa shape index (κ2) is 6.93. The van der Waals surface area contributed by atoms with Crippen molar-refractivity contribution in [3.63, 3.8) is 0 Å². The summed E-state index contributed by atoms with van der Waals surface area (Å²) < 4.78 is 55.0. The molecule has 0 spiro atoms. The molecule has 0 amide bonds. The number of halogens is 1. The van der Waals surface area contributed by atoms with Crippen molar-refractivity contribution in [3.8, 4) is 0 Å². The highest BCUT2D eigenvalue weighted by atomic mass is 35.5. The summed E-state index contributed by atoms with van der Waals surface area (Å²) in [5, 5.41) is 4.42. The zero-order chi connectivity index (χ0) is 19.1. The molecule has 0 N–H and O–H groups in total. The van der Waals surface area contributed by atoms with Crippen LogP contribution >= 0.6 is 11.6 Å². The van der Waals surface area contributed by atoms with Crippen LogP contribution in [0.5, 0.6) is 0 Å². The summed E-state index contributed by atoms with van der Waals surface area (Å²) in [5.74, 6) is 0. The first kappa shape index (κ1) is 19.3. The number of rotatable bonds is 4. The van der Waals surface area contributed by atoms with Crippen molar-refractivity contribution in [1.82, 2.24) is 18.4 Å². The van der Waals surface area contributed by atoms with Crippen LogP contribution in [0.2, 0.25) is 5.02 Å². The lowest BCUT2D eigenvalue weighted by atomic mass is 10.4. The Kier molecular flexibility index (Phi) is 5.15. The van der Waals surface area contributed by atoms with Crippen molar-refractivity contribution in [1.29, 1.82) is 0 Å². The zero-order valence-electron chi connectivity index (χ0n) is 14.3. The van der Waals surface area contributed by atoms with E-state index in [9.17, 15) is 16.8 Å². The summed E-state index contributed by atoms with van der Waals surface area (Å²) in [4.78, 5) is 0.287. The van der Waals surface area contributed by atoms with Crippen molar-refractivity contribution in [3.05, 3.63) is 41.2 Å². The molecule has 3 rings (SSSR count). The van der Waals surface area contributed by atoms with E-state index in [2.05, 4.69) is 5.10 Å². The molecule has 1 aliphatic rings. The molecule has 26 heavy (non-hydrogen) atoms. The number of piperazine rings is 1. The Labute approximate surface area is 158 Å². The molecule has 0 unspecified atom stereocenters. The predicted molar refractivity (Wildman–Crippen MR) is 96.9 cm³/mol.